The zero-order chi connectivity index (χ0) is 14.2. The van der Waals surface area contributed by atoms with Crippen LogP contribution in [-0.2, 0) is 0 Å². The molecule has 108 valence electrons. The Morgan fingerprint density at radius 3 is 2.70 bits per heavy atom. The summed E-state index contributed by atoms with van der Waals surface area (Å²) in [4.78, 5) is 4.55. The van der Waals surface area contributed by atoms with Gasteiger partial charge in [0.05, 0.1) is 11.7 Å². The number of hydrogen-bond donors (Lipinski definition) is 2. The second kappa shape index (κ2) is 7.98. The van der Waals surface area contributed by atoms with Gasteiger partial charge in [-0.3, -0.25) is 16.3 Å². The van der Waals surface area contributed by atoms with Crippen LogP contribution in [0.3, 0.4) is 0 Å². The normalized spacial score (nSPS) is 12.7. The first-order valence-electron chi connectivity index (χ1n) is 7.66. The molecule has 0 saturated carbocycles. The van der Waals surface area contributed by atoms with Crippen molar-refractivity contribution in [2.24, 2.45) is 5.84 Å². The zero-order valence-electron chi connectivity index (χ0n) is 12.3. The SMILES string of the molecule is CCCCCCCC(NN)c1nccc2ccccc12. The molecule has 2 rings (SSSR count). The van der Waals surface area contributed by atoms with Crippen molar-refractivity contribution in [1.82, 2.24) is 10.4 Å². The lowest BCUT2D eigenvalue weighted by Crippen LogP contribution is -2.28. The summed E-state index contributed by atoms with van der Waals surface area (Å²) in [6, 6.07) is 10.6. The Balaban J connectivity index is 2.05. The number of benzene rings is 1. The van der Waals surface area contributed by atoms with Gasteiger partial charge in [0.15, 0.2) is 0 Å². The number of rotatable bonds is 8. The Bertz CT molecular complexity index is 519. The van der Waals surface area contributed by atoms with E-state index in [1.165, 1.54) is 42.9 Å². The molecule has 0 fully saturated rings. The van der Waals surface area contributed by atoms with E-state index < -0.39 is 0 Å². The van der Waals surface area contributed by atoms with E-state index in [0.29, 0.717) is 0 Å². The maximum atomic E-state index is 5.75. The first-order valence-corrected chi connectivity index (χ1v) is 7.66. The van der Waals surface area contributed by atoms with Crippen LogP contribution >= 0.6 is 0 Å². The van der Waals surface area contributed by atoms with Crippen LogP contribution in [0.5, 0.6) is 0 Å². The molecule has 0 bridgehead atoms. The maximum absolute atomic E-state index is 5.75. The quantitative estimate of drug-likeness (QED) is 0.432. The topological polar surface area (TPSA) is 50.9 Å². The van der Waals surface area contributed by atoms with Crippen LogP contribution < -0.4 is 11.3 Å². The van der Waals surface area contributed by atoms with Gasteiger partial charge in [-0.15, -0.1) is 0 Å². The number of nitrogens with two attached hydrogens (primary N) is 1. The lowest BCUT2D eigenvalue weighted by molar-refractivity contribution is 0.473. The third kappa shape index (κ3) is 3.78. The van der Waals surface area contributed by atoms with Crippen molar-refractivity contribution in [2.75, 3.05) is 0 Å². The molecule has 20 heavy (non-hydrogen) atoms. The van der Waals surface area contributed by atoms with Crippen molar-refractivity contribution < 1.29 is 0 Å². The summed E-state index contributed by atoms with van der Waals surface area (Å²) in [7, 11) is 0. The number of aromatic nitrogens is 1. The summed E-state index contributed by atoms with van der Waals surface area (Å²) >= 11 is 0. The standard InChI is InChI=1S/C17H25N3/c1-2-3-4-5-6-11-16(20-18)17-15-10-8-7-9-14(15)12-13-19-17/h7-10,12-13,16,20H,2-6,11,18H2,1H3. The van der Waals surface area contributed by atoms with Crippen molar-refractivity contribution in [1.29, 1.82) is 0 Å². The zero-order valence-corrected chi connectivity index (χ0v) is 12.3. The third-order valence-corrected chi connectivity index (χ3v) is 3.83. The summed E-state index contributed by atoms with van der Waals surface area (Å²) in [6.45, 7) is 2.24. The van der Waals surface area contributed by atoms with Crippen LogP contribution in [0.15, 0.2) is 36.5 Å². The Morgan fingerprint density at radius 2 is 1.90 bits per heavy atom. The van der Waals surface area contributed by atoms with Crippen molar-refractivity contribution in [3.05, 3.63) is 42.2 Å². The molecule has 1 aromatic carbocycles. The number of pyridine rings is 1. The molecule has 1 aromatic heterocycles. The lowest BCUT2D eigenvalue weighted by Gasteiger charge is -2.17. The molecule has 0 amide bonds. The van der Waals surface area contributed by atoms with Gasteiger partial charge in [0.1, 0.15) is 0 Å². The van der Waals surface area contributed by atoms with Gasteiger partial charge in [-0.1, -0.05) is 63.3 Å². The number of hydrazine groups is 1. The molecular weight excluding hydrogens is 246 g/mol. The van der Waals surface area contributed by atoms with E-state index in [1.807, 2.05) is 12.3 Å². The van der Waals surface area contributed by atoms with Gasteiger partial charge in [0.25, 0.3) is 0 Å². The predicted octanol–water partition coefficient (Wildman–Crippen LogP) is 4.10. The molecule has 0 aliphatic heterocycles. The second-order valence-corrected chi connectivity index (χ2v) is 5.34. The van der Waals surface area contributed by atoms with E-state index in [0.717, 1.165) is 12.1 Å². The van der Waals surface area contributed by atoms with E-state index in [-0.39, 0.29) is 6.04 Å². The predicted molar refractivity (Wildman–Crippen MR) is 85.2 cm³/mol. The molecule has 0 spiro atoms. The average Bonchev–Trinajstić information content (AvgIpc) is 2.51. The van der Waals surface area contributed by atoms with E-state index in [4.69, 9.17) is 5.84 Å². The van der Waals surface area contributed by atoms with Crippen LogP contribution in [0, 0.1) is 0 Å². The monoisotopic (exact) mass is 271 g/mol. The van der Waals surface area contributed by atoms with E-state index in [9.17, 15) is 0 Å². The third-order valence-electron chi connectivity index (χ3n) is 3.83. The van der Waals surface area contributed by atoms with Crippen LogP contribution in [0.2, 0.25) is 0 Å². The number of fused-ring (bicyclic) bond motifs is 1. The van der Waals surface area contributed by atoms with E-state index in [2.05, 4.69) is 41.6 Å². The molecule has 2 aromatic rings. The summed E-state index contributed by atoms with van der Waals surface area (Å²) < 4.78 is 0. The van der Waals surface area contributed by atoms with Crippen LogP contribution in [0.1, 0.15) is 57.2 Å². The Morgan fingerprint density at radius 1 is 1.10 bits per heavy atom. The molecular formula is C17H25N3. The maximum Gasteiger partial charge on any atom is 0.0664 e. The largest absolute Gasteiger partial charge is 0.271 e. The number of nitrogens with one attached hydrogen (secondary N) is 1. The van der Waals surface area contributed by atoms with Gasteiger partial charge in [-0.2, -0.15) is 0 Å². The number of hydrogen-bond acceptors (Lipinski definition) is 3. The highest BCUT2D eigenvalue weighted by Crippen LogP contribution is 2.25. The van der Waals surface area contributed by atoms with Crippen molar-refractivity contribution >= 4 is 10.8 Å². The fraction of sp³-hybridized carbons (Fsp3) is 0.471. The smallest absolute Gasteiger partial charge is 0.0664 e. The molecule has 1 heterocycles. The summed E-state index contributed by atoms with van der Waals surface area (Å²) in [5, 5.41) is 2.43. The van der Waals surface area contributed by atoms with Gasteiger partial charge in [0, 0.05) is 11.6 Å². The molecule has 0 aliphatic carbocycles. The van der Waals surface area contributed by atoms with Crippen molar-refractivity contribution in [2.45, 2.75) is 51.5 Å². The minimum atomic E-state index is 0.141. The molecule has 3 nitrogen and oxygen atoms in total. The van der Waals surface area contributed by atoms with Crippen molar-refractivity contribution in [3.8, 4) is 0 Å². The Kier molecular flexibility index (Phi) is 5.96. The summed E-state index contributed by atoms with van der Waals surface area (Å²) in [5.74, 6) is 5.75. The summed E-state index contributed by atoms with van der Waals surface area (Å²) in [6.07, 6.45) is 9.31. The van der Waals surface area contributed by atoms with Crippen LogP contribution in [0.4, 0.5) is 0 Å². The van der Waals surface area contributed by atoms with Crippen LogP contribution in [0.25, 0.3) is 10.8 Å². The van der Waals surface area contributed by atoms with Gasteiger partial charge >= 0.3 is 0 Å². The van der Waals surface area contributed by atoms with E-state index >= 15 is 0 Å². The average molecular weight is 271 g/mol. The molecule has 0 aliphatic rings. The highest BCUT2D eigenvalue weighted by molar-refractivity contribution is 5.84. The second-order valence-electron chi connectivity index (χ2n) is 5.34. The first kappa shape index (κ1) is 14.9. The minimum absolute atomic E-state index is 0.141. The molecule has 0 radical (unpaired) electrons. The van der Waals surface area contributed by atoms with Gasteiger partial charge in [-0.05, 0) is 17.9 Å². The highest BCUT2D eigenvalue weighted by atomic mass is 15.2. The first-order chi connectivity index (χ1) is 9.86. The molecule has 3 N–H and O–H groups in total. The van der Waals surface area contributed by atoms with Gasteiger partial charge in [-0.25, -0.2) is 0 Å². The molecule has 0 saturated heterocycles. The number of nitrogens with zero attached hydrogens (tertiary/aromatic N) is 1. The van der Waals surface area contributed by atoms with Gasteiger partial charge in [0.2, 0.25) is 0 Å². The highest BCUT2D eigenvalue weighted by Gasteiger charge is 2.13. The molecule has 3 heteroatoms. The van der Waals surface area contributed by atoms with Crippen molar-refractivity contribution in [3.63, 3.8) is 0 Å². The minimum Gasteiger partial charge on any atom is -0.271 e. The molecule has 1 unspecified atom stereocenters. The van der Waals surface area contributed by atoms with E-state index in [1.54, 1.807) is 0 Å². The fourth-order valence-corrected chi connectivity index (χ4v) is 2.67. The fourth-order valence-electron chi connectivity index (χ4n) is 2.67. The Hall–Kier alpha value is -1.45. The summed E-state index contributed by atoms with van der Waals surface area (Å²) in [5.41, 5.74) is 4.01. The Labute approximate surface area is 121 Å². The molecule has 1 atom stereocenters. The number of unbranched alkanes of at least 4 members (excludes halogenated alkanes) is 4. The lowest BCUT2D eigenvalue weighted by atomic mass is 10.00. The van der Waals surface area contributed by atoms with Gasteiger partial charge < -0.3 is 0 Å². The van der Waals surface area contributed by atoms with Crippen LogP contribution in [-0.4, -0.2) is 4.98 Å².